The highest BCUT2D eigenvalue weighted by Crippen LogP contribution is 2.31. The summed E-state index contributed by atoms with van der Waals surface area (Å²) in [5, 5.41) is 17.3. The number of imidazole rings is 1. The van der Waals surface area contributed by atoms with Crippen molar-refractivity contribution in [2.24, 2.45) is 0 Å². The Bertz CT molecular complexity index is 1490. The summed E-state index contributed by atoms with van der Waals surface area (Å²) in [6.07, 6.45) is 3.00. The van der Waals surface area contributed by atoms with Gasteiger partial charge in [0.15, 0.2) is 5.65 Å². The second-order valence-electron chi connectivity index (χ2n) is 9.62. The van der Waals surface area contributed by atoms with Gasteiger partial charge in [0.05, 0.1) is 31.1 Å². The summed E-state index contributed by atoms with van der Waals surface area (Å²) in [5.74, 6) is 1.34. The van der Waals surface area contributed by atoms with Gasteiger partial charge in [0.2, 0.25) is 0 Å². The quantitative estimate of drug-likeness (QED) is 0.350. The highest BCUT2D eigenvalue weighted by molar-refractivity contribution is 5.89. The third kappa shape index (κ3) is 6.10. The van der Waals surface area contributed by atoms with Gasteiger partial charge in [-0.05, 0) is 55.9 Å². The fraction of sp³-hybridized carbons (Fsp3) is 0.345. The number of aromatic nitrogens is 4. The molecule has 2 saturated heterocycles. The number of rotatable bonds is 6. The number of likely N-dealkylation sites (N-methyl/N-ethyl adjacent to an activating group) is 1. The van der Waals surface area contributed by atoms with E-state index in [1.165, 1.54) is 12.0 Å². The second kappa shape index (κ2) is 12.7. The second-order valence-corrected chi connectivity index (χ2v) is 9.62. The molecule has 4 heterocycles. The van der Waals surface area contributed by atoms with Crippen LogP contribution in [-0.2, 0) is 9.53 Å². The lowest BCUT2D eigenvalue weighted by Crippen LogP contribution is -2.36. The van der Waals surface area contributed by atoms with Crippen molar-refractivity contribution in [3.63, 3.8) is 0 Å². The number of hydrogen-bond donors (Lipinski definition) is 2. The summed E-state index contributed by atoms with van der Waals surface area (Å²) < 4.78 is 11.6. The lowest BCUT2D eigenvalue weighted by molar-refractivity contribution is -0.110. The van der Waals surface area contributed by atoms with E-state index >= 15 is 0 Å². The Hall–Kier alpha value is -4.37. The fourth-order valence-electron chi connectivity index (χ4n) is 4.87. The number of carbonyl (C=O) groups excluding carboxylic acids is 1. The van der Waals surface area contributed by atoms with Gasteiger partial charge in [-0.2, -0.15) is 5.26 Å². The van der Waals surface area contributed by atoms with Crippen LogP contribution in [0.1, 0.15) is 12.0 Å². The average molecular weight is 542 g/mol. The molecule has 2 aromatic heterocycles. The van der Waals surface area contributed by atoms with Gasteiger partial charge in [-0.3, -0.25) is 0 Å². The Balaban J connectivity index is 0.000000758. The number of morpholine rings is 1. The molecular weight excluding hydrogens is 510 g/mol. The number of ether oxygens (including phenoxy) is 2. The molecule has 1 unspecified atom stereocenters. The number of carbonyl (C=O) groups is 1. The van der Waals surface area contributed by atoms with E-state index in [2.05, 4.69) is 62.1 Å². The van der Waals surface area contributed by atoms with Gasteiger partial charge in [-0.15, -0.1) is 0 Å². The van der Waals surface area contributed by atoms with Crippen molar-refractivity contribution in [1.82, 2.24) is 24.8 Å². The highest BCUT2D eigenvalue weighted by Gasteiger charge is 2.22. The monoisotopic (exact) mass is 541 g/mol. The van der Waals surface area contributed by atoms with E-state index in [1.807, 2.05) is 18.2 Å². The molecule has 0 aliphatic carbocycles. The van der Waals surface area contributed by atoms with E-state index in [4.69, 9.17) is 24.4 Å². The minimum atomic E-state index is -0.361. The predicted octanol–water partition coefficient (Wildman–Crippen LogP) is 2.66. The zero-order valence-electron chi connectivity index (χ0n) is 22.3. The summed E-state index contributed by atoms with van der Waals surface area (Å²) in [7, 11) is 2.08. The number of H-pyrrole nitrogens is 1. The van der Waals surface area contributed by atoms with Crippen LogP contribution in [0.4, 0.5) is 5.69 Å². The number of nitrogens with one attached hydrogen (secondary N) is 1. The maximum Gasteiger partial charge on any atom is 0.181 e. The van der Waals surface area contributed by atoms with Gasteiger partial charge in [0.25, 0.3) is 0 Å². The Morgan fingerprint density at radius 1 is 1.15 bits per heavy atom. The molecule has 11 heteroatoms. The number of nitrogens with zero attached hydrogens (tertiary/aromatic N) is 6. The third-order valence-electron chi connectivity index (χ3n) is 6.90. The number of aldehydes is 1. The van der Waals surface area contributed by atoms with Gasteiger partial charge >= 0.3 is 0 Å². The maximum atomic E-state index is 9.79. The number of nitriles is 1. The van der Waals surface area contributed by atoms with Crippen molar-refractivity contribution < 1.29 is 19.4 Å². The standard InChI is InChI=1S/C27H27N7O2.C2H4O2/c1-33-9-8-22(16-33)36-23-7-4-19(14-20(23)15-28)24-25-27(30-17-29-24)32-26(31-25)18-2-5-21(6-3-18)34-10-12-35-13-11-34;3-1-2-4/h2-7,14,17,22H,8-13,16H2,1H3,(H,29,30,31,32);1,4H,2H2. The number of aliphatic hydroxyl groups is 1. The van der Waals surface area contributed by atoms with Crippen LogP contribution in [-0.4, -0.2) is 95.4 Å². The van der Waals surface area contributed by atoms with E-state index in [9.17, 15) is 5.26 Å². The molecule has 6 rings (SSSR count). The molecule has 40 heavy (non-hydrogen) atoms. The van der Waals surface area contributed by atoms with Crippen molar-refractivity contribution in [2.75, 3.05) is 57.9 Å². The zero-order chi connectivity index (χ0) is 27.9. The Kier molecular flexibility index (Phi) is 8.61. The summed E-state index contributed by atoms with van der Waals surface area (Å²) in [5.41, 5.74) is 5.47. The minimum absolute atomic E-state index is 0.100. The van der Waals surface area contributed by atoms with Gasteiger partial charge in [-0.1, -0.05) is 0 Å². The van der Waals surface area contributed by atoms with Crippen molar-refractivity contribution in [3.05, 3.63) is 54.4 Å². The average Bonchev–Trinajstić information content (AvgIpc) is 3.64. The first-order valence-electron chi connectivity index (χ1n) is 13.2. The molecule has 0 saturated carbocycles. The van der Waals surface area contributed by atoms with Crippen molar-refractivity contribution >= 4 is 23.1 Å². The largest absolute Gasteiger partial charge is 0.488 e. The Labute approximate surface area is 232 Å². The van der Waals surface area contributed by atoms with Gasteiger partial charge < -0.3 is 34.2 Å². The van der Waals surface area contributed by atoms with E-state index in [0.717, 1.165) is 68.3 Å². The highest BCUT2D eigenvalue weighted by atomic mass is 16.5. The molecule has 2 fully saturated rings. The van der Waals surface area contributed by atoms with E-state index < -0.39 is 0 Å². The van der Waals surface area contributed by atoms with Crippen LogP contribution in [0.15, 0.2) is 48.8 Å². The van der Waals surface area contributed by atoms with E-state index in [-0.39, 0.29) is 12.7 Å². The minimum Gasteiger partial charge on any atom is -0.488 e. The molecule has 0 bridgehead atoms. The van der Waals surface area contributed by atoms with Gasteiger partial charge in [-0.25, -0.2) is 15.0 Å². The molecule has 1 atom stereocenters. The Morgan fingerprint density at radius 2 is 1.90 bits per heavy atom. The number of anilines is 1. The lowest BCUT2D eigenvalue weighted by atomic mass is 10.1. The van der Waals surface area contributed by atoms with Crippen molar-refractivity contribution in [2.45, 2.75) is 12.5 Å². The SMILES string of the molecule is CN1CCC(Oc2ccc(-c3ncnc4nc(-c5ccc(N6CCOCC6)cc5)[nH]c34)cc2C#N)C1.O=CCO. The normalized spacial score (nSPS) is 17.2. The first-order valence-corrected chi connectivity index (χ1v) is 13.2. The maximum absolute atomic E-state index is 9.79. The summed E-state index contributed by atoms with van der Waals surface area (Å²) in [4.78, 5) is 30.5. The topological polar surface area (TPSA) is 140 Å². The molecular formula is C29H31N7O4. The molecule has 11 nitrogen and oxygen atoms in total. The summed E-state index contributed by atoms with van der Waals surface area (Å²) in [6.45, 7) is 4.81. The smallest absolute Gasteiger partial charge is 0.181 e. The number of hydrogen-bond acceptors (Lipinski definition) is 10. The van der Waals surface area contributed by atoms with Crippen LogP contribution >= 0.6 is 0 Å². The Morgan fingerprint density at radius 3 is 2.58 bits per heavy atom. The third-order valence-corrected chi connectivity index (χ3v) is 6.90. The fourth-order valence-corrected chi connectivity index (χ4v) is 4.87. The van der Waals surface area contributed by atoms with Crippen LogP contribution in [0.2, 0.25) is 0 Å². The number of aromatic amines is 1. The molecule has 0 spiro atoms. The van der Waals surface area contributed by atoms with E-state index in [1.54, 1.807) is 0 Å². The van der Waals surface area contributed by atoms with Gasteiger partial charge in [0, 0.05) is 43.0 Å². The molecule has 206 valence electrons. The molecule has 0 radical (unpaired) electrons. The van der Waals surface area contributed by atoms with Gasteiger partial charge in [0.1, 0.15) is 41.9 Å². The first-order chi connectivity index (χ1) is 19.6. The first kappa shape index (κ1) is 27.2. The molecule has 2 aliphatic heterocycles. The predicted molar refractivity (Wildman–Crippen MR) is 150 cm³/mol. The summed E-state index contributed by atoms with van der Waals surface area (Å²) >= 11 is 0. The molecule has 2 aromatic carbocycles. The molecule has 2 N–H and O–H groups in total. The van der Waals surface area contributed by atoms with Crippen molar-refractivity contribution in [3.8, 4) is 34.5 Å². The number of fused-ring (bicyclic) bond motifs is 1. The molecule has 4 aromatic rings. The number of benzene rings is 2. The van der Waals surface area contributed by atoms with Crippen molar-refractivity contribution in [1.29, 1.82) is 5.26 Å². The van der Waals surface area contributed by atoms with Crippen LogP contribution in [0, 0.1) is 11.3 Å². The number of aliphatic hydroxyl groups excluding tert-OH is 1. The number of likely N-dealkylation sites (tertiary alicyclic amines) is 1. The van der Waals surface area contributed by atoms with Crippen LogP contribution in [0.3, 0.4) is 0 Å². The van der Waals surface area contributed by atoms with E-state index in [0.29, 0.717) is 28.9 Å². The summed E-state index contributed by atoms with van der Waals surface area (Å²) in [6, 6.07) is 16.3. The molecule has 0 amide bonds. The lowest BCUT2D eigenvalue weighted by Gasteiger charge is -2.28. The van der Waals surface area contributed by atoms with Crippen LogP contribution < -0.4 is 9.64 Å². The van der Waals surface area contributed by atoms with Crippen LogP contribution in [0.25, 0.3) is 33.8 Å². The zero-order valence-corrected chi connectivity index (χ0v) is 22.3. The molecule has 2 aliphatic rings. The van der Waals surface area contributed by atoms with Crippen LogP contribution in [0.5, 0.6) is 5.75 Å².